The number of nitrogens with one attached hydrogen (secondary N) is 1. The Kier molecular flexibility index (Phi) is 5.74. The molecular weight excluding hydrogens is 297 g/mol. The molecule has 0 heterocycles. The first kappa shape index (κ1) is 17.4. The van der Waals surface area contributed by atoms with E-state index in [1.807, 2.05) is 0 Å². The zero-order valence-corrected chi connectivity index (χ0v) is 13.8. The molecule has 5 heteroatoms. The number of hydrogen-bond donors (Lipinski definition) is 1. The Balaban J connectivity index is 1.92. The third-order valence-electron chi connectivity index (χ3n) is 4.78. The Morgan fingerprint density at radius 2 is 1.96 bits per heavy atom. The summed E-state index contributed by atoms with van der Waals surface area (Å²) in [5, 5.41) is 2.96. The molecule has 126 valence electrons. The minimum atomic E-state index is -0.952. The SMILES string of the molecule is C[C@@H]1[C@@H](C)CCC[C@H]1NC(=O)[C@@H](C)OC(=O)c1ccccc1F. The van der Waals surface area contributed by atoms with Crippen molar-refractivity contribution in [3.05, 3.63) is 35.6 Å². The van der Waals surface area contributed by atoms with Gasteiger partial charge in [-0.05, 0) is 37.3 Å². The molecule has 0 aliphatic heterocycles. The molecule has 1 aromatic rings. The molecule has 4 nitrogen and oxygen atoms in total. The molecule has 0 radical (unpaired) electrons. The molecule has 1 saturated carbocycles. The highest BCUT2D eigenvalue weighted by atomic mass is 19.1. The first-order valence-electron chi connectivity index (χ1n) is 8.16. The molecule has 1 amide bonds. The van der Waals surface area contributed by atoms with Crippen LogP contribution in [0.3, 0.4) is 0 Å². The van der Waals surface area contributed by atoms with Crippen LogP contribution in [0.4, 0.5) is 4.39 Å². The molecule has 0 aromatic heterocycles. The molecule has 0 saturated heterocycles. The Bertz CT molecular complexity index is 575. The van der Waals surface area contributed by atoms with Gasteiger partial charge >= 0.3 is 5.97 Å². The summed E-state index contributed by atoms with van der Waals surface area (Å²) < 4.78 is 18.6. The smallest absolute Gasteiger partial charge is 0.341 e. The maximum Gasteiger partial charge on any atom is 0.341 e. The van der Waals surface area contributed by atoms with E-state index in [9.17, 15) is 14.0 Å². The van der Waals surface area contributed by atoms with E-state index in [1.165, 1.54) is 31.5 Å². The first-order valence-corrected chi connectivity index (χ1v) is 8.16. The van der Waals surface area contributed by atoms with E-state index in [1.54, 1.807) is 6.07 Å². The van der Waals surface area contributed by atoms with Gasteiger partial charge in [0.2, 0.25) is 0 Å². The van der Waals surface area contributed by atoms with Gasteiger partial charge < -0.3 is 10.1 Å². The summed E-state index contributed by atoms with van der Waals surface area (Å²) in [7, 11) is 0. The van der Waals surface area contributed by atoms with Gasteiger partial charge in [-0.2, -0.15) is 0 Å². The second-order valence-corrected chi connectivity index (χ2v) is 6.41. The predicted molar refractivity (Wildman–Crippen MR) is 85.4 cm³/mol. The lowest BCUT2D eigenvalue weighted by Crippen LogP contribution is -2.47. The summed E-state index contributed by atoms with van der Waals surface area (Å²) in [5.41, 5.74) is -0.160. The van der Waals surface area contributed by atoms with Gasteiger partial charge in [-0.3, -0.25) is 4.79 Å². The highest BCUT2D eigenvalue weighted by Gasteiger charge is 2.30. The van der Waals surface area contributed by atoms with Crippen LogP contribution in [0.1, 0.15) is 50.4 Å². The summed E-state index contributed by atoms with van der Waals surface area (Å²) in [6, 6.07) is 5.67. The Hall–Kier alpha value is -1.91. The molecule has 1 N–H and O–H groups in total. The number of amides is 1. The molecule has 0 spiro atoms. The molecule has 1 fully saturated rings. The quantitative estimate of drug-likeness (QED) is 0.866. The summed E-state index contributed by atoms with van der Waals surface area (Å²) in [4.78, 5) is 24.2. The monoisotopic (exact) mass is 321 g/mol. The van der Waals surface area contributed by atoms with Crippen molar-refractivity contribution in [2.75, 3.05) is 0 Å². The number of ether oxygens (including phenoxy) is 1. The van der Waals surface area contributed by atoms with Gasteiger partial charge in [0, 0.05) is 6.04 Å². The lowest BCUT2D eigenvalue weighted by Gasteiger charge is -2.35. The van der Waals surface area contributed by atoms with E-state index in [4.69, 9.17) is 4.74 Å². The van der Waals surface area contributed by atoms with Crippen molar-refractivity contribution < 1.29 is 18.7 Å². The van der Waals surface area contributed by atoms with Crippen molar-refractivity contribution in [1.82, 2.24) is 5.32 Å². The zero-order valence-electron chi connectivity index (χ0n) is 13.8. The number of hydrogen-bond acceptors (Lipinski definition) is 3. The third kappa shape index (κ3) is 4.30. The Labute approximate surface area is 136 Å². The van der Waals surface area contributed by atoms with Crippen LogP contribution in [0, 0.1) is 17.7 Å². The minimum Gasteiger partial charge on any atom is -0.449 e. The number of benzene rings is 1. The Morgan fingerprint density at radius 3 is 2.65 bits per heavy atom. The molecule has 1 aromatic carbocycles. The average molecular weight is 321 g/mol. The van der Waals surface area contributed by atoms with Crippen molar-refractivity contribution in [2.45, 2.75) is 52.2 Å². The number of carbonyl (C=O) groups excluding carboxylic acids is 2. The van der Waals surface area contributed by atoms with Crippen LogP contribution in [0.5, 0.6) is 0 Å². The molecular formula is C18H24FNO3. The van der Waals surface area contributed by atoms with Gasteiger partial charge in [0.15, 0.2) is 6.10 Å². The van der Waals surface area contributed by atoms with Crippen LogP contribution in [0.25, 0.3) is 0 Å². The summed E-state index contributed by atoms with van der Waals surface area (Å²) in [6.45, 7) is 5.82. The fourth-order valence-electron chi connectivity index (χ4n) is 2.99. The Morgan fingerprint density at radius 1 is 1.26 bits per heavy atom. The molecule has 1 aliphatic rings. The standard InChI is InChI=1S/C18H24FNO3/c1-11-7-6-10-16(12(11)2)20-17(21)13(3)23-18(22)14-8-4-5-9-15(14)19/h4-5,8-9,11-13,16H,6-7,10H2,1-3H3,(H,20,21)/t11-,12+,13+,16+/m0/s1. The second-order valence-electron chi connectivity index (χ2n) is 6.41. The topological polar surface area (TPSA) is 55.4 Å². The van der Waals surface area contributed by atoms with Crippen LogP contribution in [0.15, 0.2) is 24.3 Å². The van der Waals surface area contributed by atoms with Crippen molar-refractivity contribution >= 4 is 11.9 Å². The lowest BCUT2D eigenvalue weighted by molar-refractivity contribution is -0.130. The number of halogens is 1. The minimum absolute atomic E-state index is 0.0980. The highest BCUT2D eigenvalue weighted by Crippen LogP contribution is 2.29. The summed E-state index contributed by atoms with van der Waals surface area (Å²) >= 11 is 0. The molecule has 23 heavy (non-hydrogen) atoms. The zero-order chi connectivity index (χ0) is 17.0. The molecule has 0 unspecified atom stereocenters. The van der Waals surface area contributed by atoms with Crippen LogP contribution in [-0.2, 0) is 9.53 Å². The van der Waals surface area contributed by atoms with Gasteiger partial charge in [0.1, 0.15) is 5.82 Å². The summed E-state index contributed by atoms with van der Waals surface area (Å²) in [6.07, 6.45) is 2.24. The van der Waals surface area contributed by atoms with Crippen LogP contribution < -0.4 is 5.32 Å². The summed E-state index contributed by atoms with van der Waals surface area (Å²) in [5.74, 6) is -0.858. The molecule has 0 bridgehead atoms. The highest BCUT2D eigenvalue weighted by molar-refractivity contribution is 5.92. The largest absolute Gasteiger partial charge is 0.449 e. The van der Waals surface area contributed by atoms with Crippen LogP contribution in [-0.4, -0.2) is 24.0 Å². The van der Waals surface area contributed by atoms with E-state index in [2.05, 4.69) is 19.2 Å². The first-order chi connectivity index (χ1) is 10.9. The molecule has 1 aliphatic carbocycles. The maximum absolute atomic E-state index is 13.6. The van der Waals surface area contributed by atoms with E-state index in [0.29, 0.717) is 11.8 Å². The van der Waals surface area contributed by atoms with Crippen molar-refractivity contribution in [3.63, 3.8) is 0 Å². The van der Waals surface area contributed by atoms with Crippen LogP contribution >= 0.6 is 0 Å². The number of rotatable bonds is 4. The average Bonchev–Trinajstić information content (AvgIpc) is 2.52. The fraction of sp³-hybridized carbons (Fsp3) is 0.556. The third-order valence-corrected chi connectivity index (χ3v) is 4.78. The van der Waals surface area contributed by atoms with Gasteiger partial charge in [0.05, 0.1) is 5.56 Å². The molecule has 2 rings (SSSR count). The van der Waals surface area contributed by atoms with E-state index < -0.39 is 17.9 Å². The van der Waals surface area contributed by atoms with E-state index >= 15 is 0 Å². The molecule has 4 atom stereocenters. The van der Waals surface area contributed by atoms with Gasteiger partial charge in [-0.1, -0.05) is 38.8 Å². The maximum atomic E-state index is 13.6. The van der Waals surface area contributed by atoms with Gasteiger partial charge in [0.25, 0.3) is 5.91 Å². The number of carbonyl (C=O) groups is 2. The van der Waals surface area contributed by atoms with Crippen LogP contribution in [0.2, 0.25) is 0 Å². The predicted octanol–water partition coefficient (Wildman–Crippen LogP) is 3.31. The van der Waals surface area contributed by atoms with E-state index in [-0.39, 0.29) is 17.5 Å². The van der Waals surface area contributed by atoms with E-state index in [0.717, 1.165) is 12.8 Å². The fourth-order valence-corrected chi connectivity index (χ4v) is 2.99. The van der Waals surface area contributed by atoms with Crippen molar-refractivity contribution in [3.8, 4) is 0 Å². The van der Waals surface area contributed by atoms with Crippen molar-refractivity contribution in [2.24, 2.45) is 11.8 Å². The number of esters is 1. The lowest BCUT2D eigenvalue weighted by atomic mass is 9.78. The van der Waals surface area contributed by atoms with Gasteiger partial charge in [-0.25, -0.2) is 9.18 Å². The second kappa shape index (κ2) is 7.57. The van der Waals surface area contributed by atoms with Crippen molar-refractivity contribution in [1.29, 1.82) is 0 Å². The normalized spacial score (nSPS) is 25.5. The van der Waals surface area contributed by atoms with Gasteiger partial charge in [-0.15, -0.1) is 0 Å².